The maximum absolute atomic E-state index is 2.42. The highest BCUT2D eigenvalue weighted by molar-refractivity contribution is 5.84. The summed E-state index contributed by atoms with van der Waals surface area (Å²) in [5.41, 5.74) is 9.16. The zero-order valence-electron chi connectivity index (χ0n) is 9.74. The Morgan fingerprint density at radius 1 is 0.941 bits per heavy atom. The zero-order chi connectivity index (χ0) is 11.2. The second kappa shape index (κ2) is 3.33. The van der Waals surface area contributed by atoms with Gasteiger partial charge in [0, 0.05) is 0 Å². The maximum atomic E-state index is 2.42. The van der Waals surface area contributed by atoms with E-state index < -0.39 is 0 Å². The van der Waals surface area contributed by atoms with E-state index in [1.165, 1.54) is 22.3 Å². The van der Waals surface area contributed by atoms with Gasteiger partial charge in [0.25, 0.3) is 0 Å². The summed E-state index contributed by atoms with van der Waals surface area (Å²) in [7, 11) is 0. The molecule has 0 nitrogen and oxygen atoms in total. The van der Waals surface area contributed by atoms with E-state index in [0.717, 1.165) is 19.3 Å². The number of rotatable bonds is 1. The molecule has 0 radical (unpaired) electrons. The Kier molecular flexibility index (Phi) is 1.81. The summed E-state index contributed by atoms with van der Waals surface area (Å²) in [4.78, 5) is 0. The summed E-state index contributed by atoms with van der Waals surface area (Å²) >= 11 is 0. The molecule has 0 bridgehead atoms. The third-order valence-electron chi connectivity index (χ3n) is 4.01. The van der Waals surface area contributed by atoms with Gasteiger partial charge in [-0.2, -0.15) is 0 Å². The van der Waals surface area contributed by atoms with Crippen molar-refractivity contribution >= 4 is 5.57 Å². The van der Waals surface area contributed by atoms with Crippen LogP contribution in [0.2, 0.25) is 0 Å². The molecule has 0 heteroatoms. The summed E-state index contributed by atoms with van der Waals surface area (Å²) in [6.07, 6.45) is 12.5. The molecule has 4 rings (SSSR count). The Labute approximate surface area is 102 Å². The average molecular weight is 218 g/mol. The predicted octanol–water partition coefficient (Wildman–Crippen LogP) is 4.21. The van der Waals surface area contributed by atoms with Crippen molar-refractivity contribution in [3.05, 3.63) is 76.4 Å². The minimum Gasteiger partial charge on any atom is -0.0801 e. The lowest BCUT2D eigenvalue weighted by Crippen LogP contribution is -1.89. The van der Waals surface area contributed by atoms with Gasteiger partial charge >= 0.3 is 0 Å². The lowest BCUT2D eigenvalue weighted by atomic mass is 9.97. The molecule has 3 aliphatic carbocycles. The van der Waals surface area contributed by atoms with Crippen LogP contribution < -0.4 is 0 Å². The molecule has 0 aromatic heterocycles. The lowest BCUT2D eigenvalue weighted by Gasteiger charge is -2.07. The largest absolute Gasteiger partial charge is 0.0801 e. The van der Waals surface area contributed by atoms with Gasteiger partial charge in [-0.05, 0) is 52.7 Å². The van der Waals surface area contributed by atoms with E-state index in [9.17, 15) is 0 Å². The molecule has 0 heterocycles. The van der Waals surface area contributed by atoms with Crippen molar-refractivity contribution in [2.45, 2.75) is 19.3 Å². The third-order valence-corrected chi connectivity index (χ3v) is 4.01. The van der Waals surface area contributed by atoms with Crippen LogP contribution in [0.4, 0.5) is 0 Å². The molecule has 0 unspecified atom stereocenters. The van der Waals surface area contributed by atoms with Gasteiger partial charge < -0.3 is 0 Å². The van der Waals surface area contributed by atoms with Gasteiger partial charge in [-0.25, -0.2) is 0 Å². The smallest absolute Gasteiger partial charge is 0.00139 e. The van der Waals surface area contributed by atoms with Crippen LogP contribution in [0, 0.1) is 0 Å². The number of allylic oxidation sites excluding steroid dienone is 8. The van der Waals surface area contributed by atoms with Gasteiger partial charge in [0.05, 0.1) is 0 Å². The van der Waals surface area contributed by atoms with E-state index in [1.54, 1.807) is 11.1 Å². The number of fused-ring (bicyclic) bond motifs is 2. The van der Waals surface area contributed by atoms with E-state index in [0.29, 0.717) is 0 Å². The molecule has 0 fully saturated rings. The average Bonchev–Trinajstić information content (AvgIpc) is 3.03. The minimum absolute atomic E-state index is 1.12. The van der Waals surface area contributed by atoms with Crippen molar-refractivity contribution in [3.8, 4) is 0 Å². The molecule has 3 aliphatic rings. The number of benzene rings is 1. The van der Waals surface area contributed by atoms with Crippen LogP contribution in [0.15, 0.2) is 65.3 Å². The van der Waals surface area contributed by atoms with Gasteiger partial charge in [0.1, 0.15) is 0 Å². The molecule has 0 spiro atoms. The summed E-state index contributed by atoms with van der Waals surface area (Å²) in [6.45, 7) is 0. The molecule has 0 N–H and O–H groups in total. The van der Waals surface area contributed by atoms with Crippen LogP contribution in [0.5, 0.6) is 0 Å². The first kappa shape index (κ1) is 9.23. The Hall–Kier alpha value is -1.82. The Morgan fingerprint density at radius 2 is 1.88 bits per heavy atom. The van der Waals surface area contributed by atoms with Crippen molar-refractivity contribution in [2.24, 2.45) is 0 Å². The second-order valence-electron chi connectivity index (χ2n) is 5.01. The SMILES string of the molecule is C1=CCC(C2=CC3=C(C2)c2ccccc2C3)=C1. The van der Waals surface area contributed by atoms with Crippen LogP contribution in [-0.4, -0.2) is 0 Å². The molecule has 0 atom stereocenters. The van der Waals surface area contributed by atoms with Crippen molar-refractivity contribution in [3.63, 3.8) is 0 Å². The third kappa shape index (κ3) is 1.30. The zero-order valence-corrected chi connectivity index (χ0v) is 9.74. The fourth-order valence-corrected chi connectivity index (χ4v) is 3.14. The molecule has 1 aromatic rings. The van der Waals surface area contributed by atoms with Crippen LogP contribution in [0.3, 0.4) is 0 Å². The highest BCUT2D eigenvalue weighted by Crippen LogP contribution is 2.44. The van der Waals surface area contributed by atoms with Gasteiger partial charge in [-0.15, -0.1) is 0 Å². The first-order valence-corrected chi connectivity index (χ1v) is 6.29. The lowest BCUT2D eigenvalue weighted by molar-refractivity contribution is 1.17. The maximum Gasteiger partial charge on any atom is -0.00139 e. The molecular weight excluding hydrogens is 204 g/mol. The number of hydrogen-bond acceptors (Lipinski definition) is 0. The monoisotopic (exact) mass is 218 g/mol. The van der Waals surface area contributed by atoms with E-state index in [2.05, 4.69) is 48.6 Å². The van der Waals surface area contributed by atoms with Gasteiger partial charge in [0.15, 0.2) is 0 Å². The Bertz CT molecular complexity index is 621. The molecule has 0 saturated heterocycles. The molecule has 17 heavy (non-hydrogen) atoms. The topological polar surface area (TPSA) is 0 Å². The summed E-state index contributed by atoms with van der Waals surface area (Å²) in [5.74, 6) is 0. The molecule has 82 valence electrons. The van der Waals surface area contributed by atoms with E-state index in [-0.39, 0.29) is 0 Å². The van der Waals surface area contributed by atoms with Crippen molar-refractivity contribution < 1.29 is 0 Å². The van der Waals surface area contributed by atoms with Gasteiger partial charge in [-0.1, -0.05) is 48.6 Å². The highest BCUT2D eigenvalue weighted by atomic mass is 14.3. The summed E-state index contributed by atoms with van der Waals surface area (Å²) in [5, 5.41) is 0. The van der Waals surface area contributed by atoms with Crippen LogP contribution in [0.25, 0.3) is 5.57 Å². The molecule has 0 aliphatic heterocycles. The summed E-state index contributed by atoms with van der Waals surface area (Å²) in [6, 6.07) is 8.84. The fraction of sp³-hybridized carbons (Fsp3) is 0.176. The molecule has 0 saturated carbocycles. The second-order valence-corrected chi connectivity index (χ2v) is 5.01. The van der Waals surface area contributed by atoms with Crippen molar-refractivity contribution in [1.82, 2.24) is 0 Å². The minimum atomic E-state index is 1.12. The molecule has 1 aromatic carbocycles. The first-order valence-electron chi connectivity index (χ1n) is 6.29. The number of hydrogen-bond donors (Lipinski definition) is 0. The fourth-order valence-electron chi connectivity index (χ4n) is 3.14. The molecule has 0 amide bonds. The first-order chi connectivity index (χ1) is 8.42. The molecular formula is C17H14. The summed E-state index contributed by atoms with van der Waals surface area (Å²) < 4.78 is 0. The Morgan fingerprint density at radius 3 is 2.76 bits per heavy atom. The van der Waals surface area contributed by atoms with Crippen LogP contribution in [0.1, 0.15) is 24.0 Å². The predicted molar refractivity (Wildman–Crippen MR) is 71.6 cm³/mol. The van der Waals surface area contributed by atoms with E-state index in [1.807, 2.05) is 0 Å². The standard InChI is InChI=1S/C17H14/c1-2-6-12(5-1)14-10-15-9-13-7-3-4-8-16(13)17(15)11-14/h1-5,7-8,10H,6,9,11H2. The Balaban J connectivity index is 1.69. The highest BCUT2D eigenvalue weighted by Gasteiger charge is 2.26. The van der Waals surface area contributed by atoms with Crippen molar-refractivity contribution in [2.75, 3.05) is 0 Å². The normalized spacial score (nSPS) is 20.5. The van der Waals surface area contributed by atoms with Crippen LogP contribution >= 0.6 is 0 Å². The van der Waals surface area contributed by atoms with Crippen molar-refractivity contribution in [1.29, 1.82) is 0 Å². The van der Waals surface area contributed by atoms with E-state index in [4.69, 9.17) is 0 Å². The van der Waals surface area contributed by atoms with Gasteiger partial charge in [-0.3, -0.25) is 0 Å². The van der Waals surface area contributed by atoms with E-state index >= 15 is 0 Å². The van der Waals surface area contributed by atoms with Gasteiger partial charge in [0.2, 0.25) is 0 Å². The van der Waals surface area contributed by atoms with Crippen LogP contribution in [-0.2, 0) is 6.42 Å². The quantitative estimate of drug-likeness (QED) is 0.662.